The van der Waals surface area contributed by atoms with Crippen LogP contribution in [0, 0.1) is 30.8 Å². The van der Waals surface area contributed by atoms with Crippen molar-refractivity contribution in [3.05, 3.63) is 60.2 Å². The highest BCUT2D eigenvalue weighted by molar-refractivity contribution is 14.1. The quantitative estimate of drug-likeness (QED) is 0.225. The van der Waals surface area contributed by atoms with E-state index in [-0.39, 0.29) is 12.2 Å². The molecule has 7 heteroatoms. The van der Waals surface area contributed by atoms with Crippen LogP contribution < -0.4 is 14.8 Å². The first-order valence-corrected chi connectivity index (χ1v) is 10.2. The third-order valence-electron chi connectivity index (χ3n) is 3.61. The van der Waals surface area contributed by atoms with Gasteiger partial charge in [-0.3, -0.25) is 4.79 Å². The molecule has 0 aliphatic carbocycles. The van der Waals surface area contributed by atoms with E-state index in [0.29, 0.717) is 12.3 Å². The van der Waals surface area contributed by atoms with Crippen LogP contribution in [0.5, 0.6) is 11.5 Å². The number of benzene rings is 2. The first-order chi connectivity index (χ1) is 13.5. The molecule has 0 aliphatic rings. The number of carbonyl (C=O) groups excluding carboxylic acids is 1. The largest absolute Gasteiger partial charge is 0.497 e. The summed E-state index contributed by atoms with van der Waals surface area (Å²) in [5, 5.41) is 12.1. The molecule has 1 N–H and O–H groups in total. The Kier molecular flexibility index (Phi) is 8.61. The lowest BCUT2D eigenvalue weighted by Crippen LogP contribution is -2.23. The van der Waals surface area contributed by atoms with E-state index in [1.54, 1.807) is 13.2 Å². The standard InChI is InChI=1S/C21H16I2N2O3/c1-3-8-28-20-18(22)10-15(11-19(20)23)9-16(12-24)21(26)25-13-14-4-6-17(27-2)7-5-14/h1,4-7,9-11H,8,13H2,2H3,(H,25,26)/b16-9-. The molecule has 0 aliphatic heterocycles. The molecule has 2 aromatic carbocycles. The van der Waals surface area contributed by atoms with Gasteiger partial charge in [0.2, 0.25) is 0 Å². The second-order valence-corrected chi connectivity index (χ2v) is 7.83. The molecular weight excluding hydrogens is 582 g/mol. The fraction of sp³-hybridized carbons (Fsp3) is 0.143. The van der Waals surface area contributed by atoms with E-state index in [9.17, 15) is 10.1 Å². The SMILES string of the molecule is C#CCOc1c(I)cc(/C=C(/C#N)C(=O)NCc2ccc(OC)cc2)cc1I. The maximum Gasteiger partial charge on any atom is 0.262 e. The Morgan fingerprint density at radius 2 is 1.89 bits per heavy atom. The van der Waals surface area contributed by atoms with Crippen molar-refractivity contribution in [2.24, 2.45) is 0 Å². The van der Waals surface area contributed by atoms with Gasteiger partial charge in [-0.2, -0.15) is 5.26 Å². The third-order valence-corrected chi connectivity index (χ3v) is 5.21. The molecule has 0 atom stereocenters. The Labute approximate surface area is 191 Å². The van der Waals surface area contributed by atoms with Gasteiger partial charge in [-0.15, -0.1) is 6.42 Å². The van der Waals surface area contributed by atoms with Gasteiger partial charge in [0.25, 0.3) is 5.91 Å². The molecule has 1 amide bonds. The molecule has 28 heavy (non-hydrogen) atoms. The maximum atomic E-state index is 12.4. The zero-order valence-corrected chi connectivity index (χ0v) is 19.3. The number of ether oxygens (including phenoxy) is 2. The fourth-order valence-electron chi connectivity index (χ4n) is 2.25. The molecule has 0 unspecified atom stereocenters. The molecule has 2 aromatic rings. The summed E-state index contributed by atoms with van der Waals surface area (Å²) in [4.78, 5) is 12.4. The Morgan fingerprint density at radius 1 is 1.25 bits per heavy atom. The lowest BCUT2D eigenvalue weighted by atomic mass is 10.1. The summed E-state index contributed by atoms with van der Waals surface area (Å²) in [6.45, 7) is 0.494. The van der Waals surface area contributed by atoms with Gasteiger partial charge in [0.1, 0.15) is 29.7 Å². The van der Waals surface area contributed by atoms with Gasteiger partial charge >= 0.3 is 0 Å². The van der Waals surface area contributed by atoms with Crippen molar-refractivity contribution >= 4 is 57.2 Å². The van der Waals surface area contributed by atoms with Crippen LogP contribution in [0.3, 0.4) is 0 Å². The lowest BCUT2D eigenvalue weighted by molar-refractivity contribution is -0.117. The zero-order valence-electron chi connectivity index (χ0n) is 15.0. The van der Waals surface area contributed by atoms with Crippen LogP contribution in [-0.2, 0) is 11.3 Å². The van der Waals surface area contributed by atoms with Gasteiger partial charge in [0.05, 0.1) is 14.3 Å². The van der Waals surface area contributed by atoms with Crippen molar-refractivity contribution in [3.8, 4) is 29.9 Å². The highest BCUT2D eigenvalue weighted by Crippen LogP contribution is 2.29. The normalized spacial score (nSPS) is 10.5. The second kappa shape index (κ2) is 10.9. The highest BCUT2D eigenvalue weighted by Gasteiger charge is 2.12. The Morgan fingerprint density at radius 3 is 2.43 bits per heavy atom. The van der Waals surface area contributed by atoms with Crippen LogP contribution in [0.4, 0.5) is 0 Å². The third kappa shape index (κ3) is 6.14. The van der Waals surface area contributed by atoms with E-state index in [1.165, 1.54) is 0 Å². The van der Waals surface area contributed by atoms with Gasteiger partial charge in [-0.05, 0) is 86.7 Å². The van der Waals surface area contributed by atoms with E-state index >= 15 is 0 Å². The molecule has 0 spiro atoms. The van der Waals surface area contributed by atoms with E-state index in [2.05, 4.69) is 56.4 Å². The van der Waals surface area contributed by atoms with Gasteiger partial charge in [0.15, 0.2) is 0 Å². The van der Waals surface area contributed by atoms with E-state index in [4.69, 9.17) is 15.9 Å². The minimum absolute atomic E-state index is 0.0254. The summed E-state index contributed by atoms with van der Waals surface area (Å²) in [5.41, 5.74) is 1.67. The number of rotatable bonds is 7. The lowest BCUT2D eigenvalue weighted by Gasteiger charge is -2.09. The summed E-state index contributed by atoms with van der Waals surface area (Å²) in [6, 6.07) is 13.0. The number of carbonyl (C=O) groups is 1. The number of nitrogens with one attached hydrogen (secondary N) is 1. The number of hydrogen-bond acceptors (Lipinski definition) is 4. The number of terminal acetylenes is 1. The highest BCUT2D eigenvalue weighted by atomic mass is 127. The van der Waals surface area contributed by atoms with Crippen LogP contribution in [0.15, 0.2) is 42.0 Å². The van der Waals surface area contributed by atoms with Crippen molar-refractivity contribution in [2.45, 2.75) is 6.54 Å². The molecule has 0 saturated carbocycles. The average Bonchev–Trinajstić information content (AvgIpc) is 2.70. The molecule has 0 radical (unpaired) electrons. The minimum Gasteiger partial charge on any atom is -0.497 e. The van der Waals surface area contributed by atoms with Gasteiger partial charge in [-0.25, -0.2) is 0 Å². The average molecular weight is 598 g/mol. The van der Waals surface area contributed by atoms with Crippen LogP contribution in [-0.4, -0.2) is 19.6 Å². The van der Waals surface area contributed by atoms with Crippen molar-refractivity contribution in [2.75, 3.05) is 13.7 Å². The molecule has 0 heterocycles. The molecular formula is C21H16I2N2O3. The second-order valence-electron chi connectivity index (χ2n) is 5.51. The number of methoxy groups -OCH3 is 1. The van der Waals surface area contributed by atoms with Crippen LogP contribution in [0.2, 0.25) is 0 Å². The maximum absolute atomic E-state index is 12.4. The first kappa shape index (κ1) is 22.1. The number of hydrogen-bond donors (Lipinski definition) is 1. The minimum atomic E-state index is -0.434. The molecule has 0 saturated heterocycles. The first-order valence-electron chi connectivity index (χ1n) is 8.06. The van der Waals surface area contributed by atoms with Gasteiger partial charge < -0.3 is 14.8 Å². The summed E-state index contributed by atoms with van der Waals surface area (Å²) < 4.78 is 12.3. The number of halogens is 2. The summed E-state index contributed by atoms with van der Waals surface area (Å²) in [6.07, 6.45) is 6.79. The fourth-order valence-corrected chi connectivity index (χ4v) is 4.38. The number of amides is 1. The van der Waals surface area contributed by atoms with Crippen molar-refractivity contribution in [1.82, 2.24) is 5.32 Å². The van der Waals surface area contributed by atoms with Crippen molar-refractivity contribution in [1.29, 1.82) is 5.26 Å². The summed E-state index contributed by atoms with van der Waals surface area (Å²) in [7, 11) is 1.59. The van der Waals surface area contributed by atoms with Crippen LogP contribution in [0.25, 0.3) is 6.08 Å². The predicted octanol–water partition coefficient (Wildman–Crippen LogP) is 4.14. The van der Waals surface area contributed by atoms with Gasteiger partial charge in [-0.1, -0.05) is 18.1 Å². The number of nitrogens with zero attached hydrogens (tertiary/aromatic N) is 1. The van der Waals surface area contributed by atoms with Crippen LogP contribution >= 0.6 is 45.2 Å². The molecule has 5 nitrogen and oxygen atoms in total. The van der Waals surface area contributed by atoms with Crippen LogP contribution in [0.1, 0.15) is 11.1 Å². The van der Waals surface area contributed by atoms with E-state index in [1.807, 2.05) is 42.5 Å². The van der Waals surface area contributed by atoms with E-state index in [0.717, 1.165) is 24.0 Å². The van der Waals surface area contributed by atoms with Crippen molar-refractivity contribution < 1.29 is 14.3 Å². The summed E-state index contributed by atoms with van der Waals surface area (Å²) >= 11 is 4.27. The van der Waals surface area contributed by atoms with Gasteiger partial charge in [0, 0.05) is 6.54 Å². The topological polar surface area (TPSA) is 71.3 Å². The van der Waals surface area contributed by atoms with Crippen molar-refractivity contribution in [3.63, 3.8) is 0 Å². The Balaban J connectivity index is 2.12. The molecule has 0 fully saturated rings. The number of nitriles is 1. The molecule has 142 valence electrons. The zero-order chi connectivity index (χ0) is 20.5. The molecule has 2 rings (SSSR count). The van der Waals surface area contributed by atoms with E-state index < -0.39 is 5.91 Å². The monoisotopic (exact) mass is 598 g/mol. The molecule has 0 bridgehead atoms. The Hall–Kier alpha value is -2.24. The summed E-state index contributed by atoms with van der Waals surface area (Å²) in [5.74, 6) is 3.43. The Bertz CT molecular complexity index is 948. The predicted molar refractivity (Wildman–Crippen MR) is 125 cm³/mol. The smallest absolute Gasteiger partial charge is 0.262 e. The molecule has 0 aromatic heterocycles.